The van der Waals surface area contributed by atoms with Gasteiger partial charge in [-0.1, -0.05) is 13.0 Å². The molecule has 1 fully saturated rings. The van der Waals surface area contributed by atoms with E-state index >= 15 is 0 Å². The number of carbonyl (C=O) groups is 1. The third-order valence-corrected chi connectivity index (χ3v) is 4.84. The van der Waals surface area contributed by atoms with Crippen molar-refractivity contribution in [3.05, 3.63) is 29.8 Å². The number of nitriles is 1. The van der Waals surface area contributed by atoms with E-state index in [9.17, 15) is 4.79 Å². The summed E-state index contributed by atoms with van der Waals surface area (Å²) in [5.74, 6) is 1.91. The second-order valence-corrected chi connectivity index (χ2v) is 7.05. The lowest BCUT2D eigenvalue weighted by atomic mass is 10.1. The Hall–Kier alpha value is -1.47. The maximum absolute atomic E-state index is 12.7. The molecule has 0 bridgehead atoms. The Balaban J connectivity index is 2.10. The molecule has 2 rings (SSSR count). The molecular formula is C17H22N2OS. The highest BCUT2D eigenvalue weighted by atomic mass is 32.2. The third kappa shape index (κ3) is 4.25. The van der Waals surface area contributed by atoms with Crippen LogP contribution in [0.5, 0.6) is 0 Å². The molecule has 0 spiro atoms. The van der Waals surface area contributed by atoms with E-state index in [1.165, 1.54) is 18.2 Å². The Morgan fingerprint density at radius 1 is 1.52 bits per heavy atom. The van der Waals surface area contributed by atoms with Crippen LogP contribution in [0.25, 0.3) is 0 Å². The summed E-state index contributed by atoms with van der Waals surface area (Å²) < 4.78 is 0. The lowest BCUT2D eigenvalue weighted by Gasteiger charge is -2.27. The average molecular weight is 302 g/mol. The van der Waals surface area contributed by atoms with E-state index in [2.05, 4.69) is 26.8 Å². The van der Waals surface area contributed by atoms with Gasteiger partial charge in [0.2, 0.25) is 0 Å². The van der Waals surface area contributed by atoms with E-state index in [1.54, 1.807) is 0 Å². The molecule has 21 heavy (non-hydrogen) atoms. The molecule has 3 nitrogen and oxygen atoms in total. The smallest absolute Gasteiger partial charge is 0.254 e. The van der Waals surface area contributed by atoms with Gasteiger partial charge < -0.3 is 4.90 Å². The molecule has 1 saturated carbocycles. The SMILES string of the molecule is CC(C)N(C[C@H]1C[C@@H]1C)C(=O)c1cccc(SCC#N)c1. The van der Waals surface area contributed by atoms with Gasteiger partial charge in [0.1, 0.15) is 0 Å². The van der Waals surface area contributed by atoms with Crippen molar-refractivity contribution in [1.82, 2.24) is 4.90 Å². The van der Waals surface area contributed by atoms with Crippen LogP contribution in [-0.4, -0.2) is 29.1 Å². The molecule has 1 amide bonds. The first-order chi connectivity index (χ1) is 10.0. The first-order valence-electron chi connectivity index (χ1n) is 7.43. The van der Waals surface area contributed by atoms with Crippen molar-refractivity contribution in [1.29, 1.82) is 5.26 Å². The molecule has 2 atom stereocenters. The lowest BCUT2D eigenvalue weighted by Crippen LogP contribution is -2.38. The molecule has 1 aromatic rings. The van der Waals surface area contributed by atoms with Gasteiger partial charge in [0, 0.05) is 23.0 Å². The molecule has 4 heteroatoms. The second kappa shape index (κ2) is 7.00. The molecule has 0 radical (unpaired) electrons. The largest absolute Gasteiger partial charge is 0.336 e. The van der Waals surface area contributed by atoms with Crippen LogP contribution in [0.1, 0.15) is 37.6 Å². The standard InChI is InChI=1S/C17H22N2OS/c1-12(2)19(11-15-9-13(15)3)17(20)14-5-4-6-16(10-14)21-8-7-18/h4-6,10,12-13,15H,8-9,11H2,1-3H3/t13-,15+/m0/s1. The summed E-state index contributed by atoms with van der Waals surface area (Å²) in [5, 5.41) is 8.65. The average Bonchev–Trinajstić information content (AvgIpc) is 3.17. The first kappa shape index (κ1) is 15.9. The summed E-state index contributed by atoms with van der Waals surface area (Å²) in [6, 6.07) is 9.93. The summed E-state index contributed by atoms with van der Waals surface area (Å²) in [7, 11) is 0. The van der Waals surface area contributed by atoms with E-state index in [1.807, 2.05) is 29.2 Å². The quantitative estimate of drug-likeness (QED) is 0.751. The van der Waals surface area contributed by atoms with Crippen molar-refractivity contribution in [3.8, 4) is 6.07 Å². The number of rotatable bonds is 6. The van der Waals surface area contributed by atoms with E-state index in [0.717, 1.165) is 22.9 Å². The van der Waals surface area contributed by atoms with Crippen LogP contribution in [0.3, 0.4) is 0 Å². The predicted molar refractivity (Wildman–Crippen MR) is 86.2 cm³/mol. The highest BCUT2D eigenvalue weighted by Crippen LogP contribution is 2.38. The monoisotopic (exact) mass is 302 g/mol. The van der Waals surface area contributed by atoms with Crippen LogP contribution in [0, 0.1) is 23.2 Å². The van der Waals surface area contributed by atoms with Crippen LogP contribution < -0.4 is 0 Å². The molecule has 0 saturated heterocycles. The Morgan fingerprint density at radius 2 is 2.24 bits per heavy atom. The Labute approximate surface area is 131 Å². The molecule has 112 valence electrons. The summed E-state index contributed by atoms with van der Waals surface area (Å²) in [6.07, 6.45) is 1.23. The summed E-state index contributed by atoms with van der Waals surface area (Å²) in [6.45, 7) is 7.23. The molecule has 1 aromatic carbocycles. The minimum absolute atomic E-state index is 0.100. The number of benzene rings is 1. The van der Waals surface area contributed by atoms with Crippen molar-refractivity contribution in [2.45, 2.75) is 38.1 Å². The van der Waals surface area contributed by atoms with Crippen molar-refractivity contribution in [2.24, 2.45) is 11.8 Å². The third-order valence-electron chi connectivity index (χ3n) is 3.98. The number of thioether (sulfide) groups is 1. The highest BCUT2D eigenvalue weighted by Gasteiger charge is 2.36. The second-order valence-electron chi connectivity index (χ2n) is 6.00. The van der Waals surface area contributed by atoms with E-state index < -0.39 is 0 Å². The first-order valence-corrected chi connectivity index (χ1v) is 8.42. The Bertz CT molecular complexity index is 550. The van der Waals surface area contributed by atoms with Crippen LogP contribution >= 0.6 is 11.8 Å². The Kier molecular flexibility index (Phi) is 5.30. The molecule has 0 heterocycles. The van der Waals surface area contributed by atoms with Gasteiger partial charge in [-0.05, 0) is 50.3 Å². The number of hydrogen-bond donors (Lipinski definition) is 0. The molecule has 0 unspecified atom stereocenters. The summed E-state index contributed by atoms with van der Waals surface area (Å²) in [4.78, 5) is 15.7. The van der Waals surface area contributed by atoms with Crippen LogP contribution in [0.15, 0.2) is 29.2 Å². The van der Waals surface area contributed by atoms with Crippen LogP contribution in [0.4, 0.5) is 0 Å². The van der Waals surface area contributed by atoms with Gasteiger partial charge >= 0.3 is 0 Å². The molecule has 0 N–H and O–H groups in total. The zero-order chi connectivity index (χ0) is 15.4. The minimum atomic E-state index is 0.100. The van der Waals surface area contributed by atoms with Gasteiger partial charge in [0.05, 0.1) is 11.8 Å². The van der Waals surface area contributed by atoms with Gasteiger partial charge in [-0.15, -0.1) is 11.8 Å². The van der Waals surface area contributed by atoms with Crippen molar-refractivity contribution in [3.63, 3.8) is 0 Å². The van der Waals surface area contributed by atoms with E-state index in [-0.39, 0.29) is 11.9 Å². The molecule has 0 aliphatic heterocycles. The van der Waals surface area contributed by atoms with E-state index in [0.29, 0.717) is 11.7 Å². The van der Waals surface area contributed by atoms with Crippen molar-refractivity contribution < 1.29 is 4.79 Å². The Morgan fingerprint density at radius 3 is 2.81 bits per heavy atom. The van der Waals surface area contributed by atoms with Gasteiger partial charge in [0.25, 0.3) is 5.91 Å². The molecule has 1 aliphatic carbocycles. The van der Waals surface area contributed by atoms with Gasteiger partial charge in [0.15, 0.2) is 0 Å². The fourth-order valence-electron chi connectivity index (χ4n) is 2.43. The zero-order valence-electron chi connectivity index (χ0n) is 12.9. The van der Waals surface area contributed by atoms with E-state index in [4.69, 9.17) is 5.26 Å². The maximum atomic E-state index is 12.7. The number of hydrogen-bond acceptors (Lipinski definition) is 3. The van der Waals surface area contributed by atoms with Crippen LogP contribution in [-0.2, 0) is 0 Å². The highest BCUT2D eigenvalue weighted by molar-refractivity contribution is 7.99. The lowest BCUT2D eigenvalue weighted by molar-refractivity contribution is 0.0693. The maximum Gasteiger partial charge on any atom is 0.254 e. The van der Waals surface area contributed by atoms with Crippen LogP contribution in [0.2, 0.25) is 0 Å². The van der Waals surface area contributed by atoms with Crippen molar-refractivity contribution >= 4 is 17.7 Å². The fourth-order valence-corrected chi connectivity index (χ4v) is 3.05. The van der Waals surface area contributed by atoms with Gasteiger partial charge in [-0.3, -0.25) is 4.79 Å². The van der Waals surface area contributed by atoms with Crippen molar-refractivity contribution in [2.75, 3.05) is 12.3 Å². The molecular weight excluding hydrogens is 280 g/mol. The van der Waals surface area contributed by atoms with Gasteiger partial charge in [-0.25, -0.2) is 0 Å². The summed E-state index contributed by atoms with van der Waals surface area (Å²) in [5.41, 5.74) is 0.722. The summed E-state index contributed by atoms with van der Waals surface area (Å²) >= 11 is 1.47. The molecule has 0 aromatic heterocycles. The topological polar surface area (TPSA) is 44.1 Å². The number of amides is 1. The normalized spacial score (nSPS) is 20.1. The number of carbonyl (C=O) groups excluding carboxylic acids is 1. The predicted octanol–water partition coefficient (Wildman–Crippen LogP) is 3.81. The zero-order valence-corrected chi connectivity index (χ0v) is 13.7. The fraction of sp³-hybridized carbons (Fsp3) is 0.529. The number of nitrogens with zero attached hydrogens (tertiary/aromatic N) is 2. The minimum Gasteiger partial charge on any atom is -0.336 e. The van der Waals surface area contributed by atoms with Gasteiger partial charge in [-0.2, -0.15) is 5.26 Å². The molecule has 1 aliphatic rings.